The summed E-state index contributed by atoms with van der Waals surface area (Å²) in [5.74, 6) is -0.680. The fourth-order valence-electron chi connectivity index (χ4n) is 4.47. The topological polar surface area (TPSA) is 59.1 Å². The van der Waals surface area contributed by atoms with Gasteiger partial charge in [0.25, 0.3) is 0 Å². The quantitative estimate of drug-likeness (QED) is 0.463. The molecule has 0 aliphatic heterocycles. The summed E-state index contributed by atoms with van der Waals surface area (Å²) in [7, 11) is 0. The van der Waals surface area contributed by atoms with Crippen molar-refractivity contribution < 1.29 is 19.1 Å². The Balaban J connectivity index is 6.93. The maximum absolute atomic E-state index is 13.4. The van der Waals surface area contributed by atoms with E-state index >= 15 is 0 Å². The zero-order valence-corrected chi connectivity index (χ0v) is 18.2. The molecule has 2 atom stereocenters. The first kappa shape index (κ1) is 24.9. The lowest BCUT2D eigenvalue weighted by Crippen LogP contribution is -2.77. The van der Waals surface area contributed by atoms with Crippen LogP contribution in [-0.4, -0.2) is 72.2 Å². The third-order valence-corrected chi connectivity index (χ3v) is 5.54. The molecule has 0 radical (unpaired) electrons. The van der Waals surface area contributed by atoms with Crippen molar-refractivity contribution in [1.29, 1.82) is 0 Å². The Morgan fingerprint density at radius 3 is 1.04 bits per heavy atom. The molecule has 0 N–H and O–H groups in total. The summed E-state index contributed by atoms with van der Waals surface area (Å²) < 4.78 is 11.1. The van der Waals surface area contributed by atoms with Crippen LogP contribution in [0.1, 0.15) is 68.2 Å². The molecule has 0 rings (SSSR count). The smallest absolute Gasteiger partial charge is 0.329 e. The van der Waals surface area contributed by atoms with Gasteiger partial charge < -0.3 is 9.47 Å². The van der Waals surface area contributed by atoms with Crippen molar-refractivity contribution in [2.45, 2.75) is 79.3 Å². The zero-order valence-electron chi connectivity index (χ0n) is 18.2. The summed E-state index contributed by atoms with van der Waals surface area (Å²) in [5.41, 5.74) is -2.20. The number of rotatable bonds is 13. The molecule has 0 aromatic carbocycles. The standard InChI is InChI=1S/C20H40N2O4/c1-9-19(17(23)25-15-7,21(11-3)12-4)20(10-2,18(24)26-16-8)22(13-5)14-6/h9-16H2,1-8H3. The summed E-state index contributed by atoms with van der Waals surface area (Å²) in [4.78, 5) is 31.0. The minimum absolute atomic E-state index is 0.280. The van der Waals surface area contributed by atoms with Crippen LogP contribution in [0.3, 0.4) is 0 Å². The van der Waals surface area contributed by atoms with Gasteiger partial charge in [-0.15, -0.1) is 0 Å². The predicted molar refractivity (Wildman–Crippen MR) is 105 cm³/mol. The zero-order chi connectivity index (χ0) is 20.4. The third-order valence-electron chi connectivity index (χ3n) is 5.54. The first-order valence-corrected chi connectivity index (χ1v) is 10.2. The normalized spacial score (nSPS) is 16.2. The minimum Gasteiger partial charge on any atom is -0.465 e. The van der Waals surface area contributed by atoms with E-state index in [2.05, 4.69) is 9.80 Å². The first-order valence-electron chi connectivity index (χ1n) is 10.2. The molecule has 0 aliphatic rings. The van der Waals surface area contributed by atoms with E-state index in [1.807, 2.05) is 41.5 Å². The van der Waals surface area contributed by atoms with Gasteiger partial charge in [-0.05, 0) is 52.9 Å². The van der Waals surface area contributed by atoms with Gasteiger partial charge in [-0.1, -0.05) is 41.5 Å². The van der Waals surface area contributed by atoms with Crippen molar-refractivity contribution >= 4 is 11.9 Å². The monoisotopic (exact) mass is 372 g/mol. The molecule has 2 unspecified atom stereocenters. The van der Waals surface area contributed by atoms with Crippen LogP contribution in [0.4, 0.5) is 0 Å². The number of nitrogens with zero attached hydrogens (tertiary/aromatic N) is 2. The Morgan fingerprint density at radius 2 is 0.885 bits per heavy atom. The van der Waals surface area contributed by atoms with Crippen molar-refractivity contribution in [3.8, 4) is 0 Å². The highest BCUT2D eigenvalue weighted by Crippen LogP contribution is 2.42. The Morgan fingerprint density at radius 1 is 0.615 bits per heavy atom. The van der Waals surface area contributed by atoms with Gasteiger partial charge >= 0.3 is 11.9 Å². The molecule has 0 saturated carbocycles. The van der Waals surface area contributed by atoms with E-state index in [-0.39, 0.29) is 25.2 Å². The Labute approximate surface area is 160 Å². The molecule has 26 heavy (non-hydrogen) atoms. The van der Waals surface area contributed by atoms with Gasteiger partial charge in [0.15, 0.2) is 0 Å². The van der Waals surface area contributed by atoms with Gasteiger partial charge in [0.05, 0.1) is 13.2 Å². The van der Waals surface area contributed by atoms with Crippen molar-refractivity contribution in [1.82, 2.24) is 9.80 Å². The lowest BCUT2D eigenvalue weighted by molar-refractivity contribution is -0.190. The maximum atomic E-state index is 13.4. The number of hydrogen-bond donors (Lipinski definition) is 0. The molecule has 0 fully saturated rings. The predicted octanol–water partition coefficient (Wildman–Crippen LogP) is 3.09. The number of likely N-dealkylation sites (N-methyl/N-ethyl adjacent to an activating group) is 2. The highest BCUT2D eigenvalue weighted by molar-refractivity contribution is 5.95. The summed E-state index contributed by atoms with van der Waals surface area (Å²) in [6, 6.07) is 0. The number of carbonyl (C=O) groups excluding carboxylic acids is 2. The molecule has 0 bridgehead atoms. The van der Waals surface area contributed by atoms with Crippen LogP contribution in [0.5, 0.6) is 0 Å². The number of esters is 2. The van der Waals surface area contributed by atoms with Crippen molar-refractivity contribution in [2.75, 3.05) is 39.4 Å². The molecule has 0 aliphatic carbocycles. The molecular weight excluding hydrogens is 332 g/mol. The molecule has 0 saturated heterocycles. The molecule has 6 heteroatoms. The van der Waals surface area contributed by atoms with Gasteiger partial charge in [-0.25, -0.2) is 9.59 Å². The van der Waals surface area contributed by atoms with Crippen molar-refractivity contribution in [2.24, 2.45) is 0 Å². The second kappa shape index (κ2) is 11.5. The van der Waals surface area contributed by atoms with Crippen LogP contribution in [0.15, 0.2) is 0 Å². The van der Waals surface area contributed by atoms with E-state index in [0.29, 0.717) is 39.0 Å². The molecular formula is C20H40N2O4. The van der Waals surface area contributed by atoms with Gasteiger partial charge in [0.1, 0.15) is 11.1 Å². The average molecular weight is 373 g/mol. The Bertz CT molecular complexity index is 396. The second-order valence-electron chi connectivity index (χ2n) is 6.21. The molecule has 0 amide bonds. The molecule has 154 valence electrons. The number of hydrogen-bond acceptors (Lipinski definition) is 6. The average Bonchev–Trinajstić information content (AvgIpc) is 2.64. The summed E-state index contributed by atoms with van der Waals surface area (Å²) in [6.07, 6.45) is 0.938. The fourth-order valence-corrected chi connectivity index (χ4v) is 4.47. The van der Waals surface area contributed by atoms with E-state index in [1.165, 1.54) is 0 Å². The van der Waals surface area contributed by atoms with E-state index in [4.69, 9.17) is 9.47 Å². The van der Waals surface area contributed by atoms with Crippen LogP contribution >= 0.6 is 0 Å². The molecule has 0 spiro atoms. The van der Waals surface area contributed by atoms with E-state index < -0.39 is 11.1 Å². The Kier molecular flexibility index (Phi) is 11.0. The van der Waals surface area contributed by atoms with Gasteiger partial charge in [0.2, 0.25) is 0 Å². The van der Waals surface area contributed by atoms with Crippen LogP contribution in [-0.2, 0) is 19.1 Å². The van der Waals surface area contributed by atoms with Crippen LogP contribution in [0.2, 0.25) is 0 Å². The third kappa shape index (κ3) is 4.06. The first-order chi connectivity index (χ1) is 12.4. The van der Waals surface area contributed by atoms with Crippen LogP contribution in [0, 0.1) is 0 Å². The fraction of sp³-hybridized carbons (Fsp3) is 0.900. The summed E-state index contributed by atoms with van der Waals surface area (Å²) in [6.45, 7) is 18.7. The highest BCUT2D eigenvalue weighted by atomic mass is 16.5. The summed E-state index contributed by atoms with van der Waals surface area (Å²) >= 11 is 0. The molecule has 0 aromatic rings. The highest BCUT2D eigenvalue weighted by Gasteiger charge is 2.65. The van der Waals surface area contributed by atoms with E-state index in [9.17, 15) is 9.59 Å². The van der Waals surface area contributed by atoms with E-state index in [0.717, 1.165) is 0 Å². The van der Waals surface area contributed by atoms with Crippen LogP contribution in [0.25, 0.3) is 0 Å². The minimum atomic E-state index is -1.10. The lowest BCUT2D eigenvalue weighted by atomic mass is 9.69. The number of ether oxygens (including phenoxy) is 2. The molecule has 0 aromatic heterocycles. The SMILES string of the molecule is CCOC(=O)C(CC)(N(CC)CC)C(CC)(C(=O)OCC)N(CC)CC. The number of carbonyl (C=O) groups is 2. The van der Waals surface area contributed by atoms with Gasteiger partial charge in [-0.2, -0.15) is 0 Å². The van der Waals surface area contributed by atoms with Crippen molar-refractivity contribution in [3.63, 3.8) is 0 Å². The molecule has 6 nitrogen and oxygen atoms in total. The Hall–Kier alpha value is -1.14. The lowest BCUT2D eigenvalue weighted by Gasteiger charge is -2.55. The van der Waals surface area contributed by atoms with Gasteiger partial charge in [-0.3, -0.25) is 9.80 Å². The van der Waals surface area contributed by atoms with Crippen molar-refractivity contribution in [3.05, 3.63) is 0 Å². The van der Waals surface area contributed by atoms with E-state index in [1.54, 1.807) is 13.8 Å². The molecule has 0 heterocycles. The second-order valence-corrected chi connectivity index (χ2v) is 6.21. The van der Waals surface area contributed by atoms with Gasteiger partial charge in [0, 0.05) is 0 Å². The summed E-state index contributed by atoms with van der Waals surface area (Å²) in [5, 5.41) is 0. The maximum Gasteiger partial charge on any atom is 0.329 e. The largest absolute Gasteiger partial charge is 0.465 e. The van der Waals surface area contributed by atoms with Crippen LogP contribution < -0.4 is 0 Å².